The zero-order valence-electron chi connectivity index (χ0n) is 16.5. The summed E-state index contributed by atoms with van der Waals surface area (Å²) in [6.07, 6.45) is 1.50. The SMILES string of the molecule is O=C(c1ccc(F)cc1)C1CCN(CCn2c(C=S)nc3ccccc3c2=O)CC1. The summed E-state index contributed by atoms with van der Waals surface area (Å²) < 4.78 is 14.7. The highest BCUT2D eigenvalue weighted by Gasteiger charge is 2.26. The van der Waals surface area contributed by atoms with Crippen molar-refractivity contribution in [1.29, 1.82) is 0 Å². The molecule has 4 rings (SSSR count). The smallest absolute Gasteiger partial charge is 0.261 e. The molecule has 0 saturated carbocycles. The maximum Gasteiger partial charge on any atom is 0.261 e. The lowest BCUT2D eigenvalue weighted by Gasteiger charge is -2.31. The van der Waals surface area contributed by atoms with Crippen molar-refractivity contribution in [2.75, 3.05) is 19.6 Å². The van der Waals surface area contributed by atoms with Crippen molar-refractivity contribution in [2.45, 2.75) is 19.4 Å². The number of hydrogen-bond donors (Lipinski definition) is 0. The Bertz CT molecular complexity index is 1140. The van der Waals surface area contributed by atoms with Crippen molar-refractivity contribution in [3.63, 3.8) is 0 Å². The summed E-state index contributed by atoms with van der Waals surface area (Å²) in [6, 6.07) is 13.0. The van der Waals surface area contributed by atoms with E-state index < -0.39 is 0 Å². The third-order valence-electron chi connectivity index (χ3n) is 5.72. The van der Waals surface area contributed by atoms with E-state index in [2.05, 4.69) is 9.88 Å². The van der Waals surface area contributed by atoms with Crippen LogP contribution in [-0.4, -0.2) is 45.2 Å². The summed E-state index contributed by atoms with van der Waals surface area (Å²) in [4.78, 5) is 32.3. The second-order valence-corrected chi connectivity index (χ2v) is 7.78. The zero-order valence-corrected chi connectivity index (χ0v) is 17.3. The summed E-state index contributed by atoms with van der Waals surface area (Å²) in [5, 5.41) is 2.03. The van der Waals surface area contributed by atoms with Gasteiger partial charge in [0, 0.05) is 29.9 Å². The number of hydrogen-bond acceptors (Lipinski definition) is 5. The Hall–Kier alpha value is -2.77. The number of aromatic nitrogens is 2. The standard InChI is InChI=1S/C23H22FN3O2S/c24-18-7-5-16(6-8-18)22(28)17-9-11-26(12-10-17)13-14-27-21(15-30)25-20-4-2-1-3-19(20)23(27)29/h1-8,15,17H,9-14H2. The molecule has 3 aromatic rings. The van der Waals surface area contributed by atoms with Gasteiger partial charge in [-0.3, -0.25) is 14.2 Å². The average molecular weight is 424 g/mol. The largest absolute Gasteiger partial charge is 0.302 e. The van der Waals surface area contributed by atoms with E-state index in [9.17, 15) is 14.0 Å². The molecule has 5 nitrogen and oxygen atoms in total. The lowest BCUT2D eigenvalue weighted by molar-refractivity contribution is 0.0837. The summed E-state index contributed by atoms with van der Waals surface area (Å²) in [7, 11) is 0. The normalized spacial score (nSPS) is 15.4. The molecule has 1 aliphatic rings. The van der Waals surface area contributed by atoms with E-state index in [1.54, 1.807) is 22.8 Å². The minimum absolute atomic E-state index is 0.0479. The number of fused-ring (bicyclic) bond motifs is 1. The van der Waals surface area contributed by atoms with Gasteiger partial charge in [0.25, 0.3) is 5.56 Å². The minimum Gasteiger partial charge on any atom is -0.302 e. The quantitative estimate of drug-likeness (QED) is 0.449. The Morgan fingerprint density at radius 1 is 1.10 bits per heavy atom. The lowest BCUT2D eigenvalue weighted by atomic mass is 9.89. The highest BCUT2D eigenvalue weighted by Crippen LogP contribution is 2.22. The van der Waals surface area contributed by atoms with Gasteiger partial charge in [-0.1, -0.05) is 24.4 Å². The van der Waals surface area contributed by atoms with Gasteiger partial charge in [-0.05, 0) is 62.3 Å². The molecule has 0 amide bonds. The van der Waals surface area contributed by atoms with Gasteiger partial charge in [0.05, 0.1) is 10.9 Å². The van der Waals surface area contributed by atoms with Crippen molar-refractivity contribution in [2.24, 2.45) is 5.92 Å². The van der Waals surface area contributed by atoms with Gasteiger partial charge in [0.1, 0.15) is 11.6 Å². The van der Waals surface area contributed by atoms with Crippen LogP contribution in [0.5, 0.6) is 0 Å². The van der Waals surface area contributed by atoms with Gasteiger partial charge in [0.2, 0.25) is 0 Å². The summed E-state index contributed by atoms with van der Waals surface area (Å²) in [5.74, 6) is 0.187. The number of thiocarbonyl (C=S) groups is 1. The topological polar surface area (TPSA) is 55.2 Å². The number of nitrogens with zero attached hydrogens (tertiary/aromatic N) is 3. The average Bonchev–Trinajstić information content (AvgIpc) is 2.79. The highest BCUT2D eigenvalue weighted by atomic mass is 32.1. The number of rotatable bonds is 6. The van der Waals surface area contributed by atoms with Crippen LogP contribution in [0.15, 0.2) is 53.3 Å². The molecule has 0 bridgehead atoms. The van der Waals surface area contributed by atoms with Crippen LogP contribution in [0.2, 0.25) is 0 Å². The number of Topliss-reactive ketones (excluding diaryl/α,β-unsaturated/α-hetero) is 1. The number of carbonyl (C=O) groups excluding carboxylic acids is 1. The van der Waals surface area contributed by atoms with Gasteiger partial charge in [-0.2, -0.15) is 0 Å². The van der Waals surface area contributed by atoms with E-state index >= 15 is 0 Å². The number of carbonyl (C=O) groups is 1. The molecular weight excluding hydrogens is 401 g/mol. The molecule has 7 heteroatoms. The van der Waals surface area contributed by atoms with Gasteiger partial charge in [-0.15, -0.1) is 0 Å². The van der Waals surface area contributed by atoms with Crippen LogP contribution in [0, 0.1) is 11.7 Å². The van der Waals surface area contributed by atoms with Gasteiger partial charge >= 0.3 is 0 Å². The fourth-order valence-electron chi connectivity index (χ4n) is 4.00. The molecule has 30 heavy (non-hydrogen) atoms. The van der Waals surface area contributed by atoms with Crippen LogP contribution in [0.25, 0.3) is 10.9 Å². The molecule has 2 heterocycles. The van der Waals surface area contributed by atoms with Crippen LogP contribution in [0.3, 0.4) is 0 Å². The van der Waals surface area contributed by atoms with Crippen molar-refractivity contribution in [3.8, 4) is 0 Å². The Balaban J connectivity index is 1.40. The first-order valence-electron chi connectivity index (χ1n) is 10.0. The van der Waals surface area contributed by atoms with Crippen LogP contribution >= 0.6 is 12.2 Å². The van der Waals surface area contributed by atoms with Gasteiger partial charge in [0.15, 0.2) is 5.78 Å². The molecule has 0 spiro atoms. The van der Waals surface area contributed by atoms with Crippen LogP contribution < -0.4 is 5.56 Å². The summed E-state index contributed by atoms with van der Waals surface area (Å²) >= 11 is 5.08. The number of halogens is 1. The Labute approximate surface area is 179 Å². The minimum atomic E-state index is -0.338. The number of ketones is 1. The van der Waals surface area contributed by atoms with Crippen LogP contribution in [0.4, 0.5) is 4.39 Å². The predicted molar refractivity (Wildman–Crippen MR) is 119 cm³/mol. The van der Waals surface area contributed by atoms with Crippen LogP contribution in [0.1, 0.15) is 29.0 Å². The number of likely N-dealkylation sites (tertiary alicyclic amines) is 1. The molecule has 0 unspecified atom stereocenters. The molecule has 2 aromatic carbocycles. The highest BCUT2D eigenvalue weighted by molar-refractivity contribution is 7.79. The molecule has 0 radical (unpaired) electrons. The van der Waals surface area contributed by atoms with Crippen molar-refractivity contribution in [1.82, 2.24) is 14.5 Å². The molecule has 1 aromatic heterocycles. The fourth-order valence-corrected chi connectivity index (χ4v) is 4.18. The maximum atomic E-state index is 13.1. The van der Waals surface area contributed by atoms with Gasteiger partial charge in [-0.25, -0.2) is 9.37 Å². The van der Waals surface area contributed by atoms with E-state index in [1.807, 2.05) is 18.2 Å². The third-order valence-corrected chi connectivity index (χ3v) is 5.93. The number of para-hydroxylation sites is 1. The number of piperidine rings is 1. The second kappa shape index (κ2) is 8.93. The summed E-state index contributed by atoms with van der Waals surface area (Å²) in [5.41, 5.74) is 1.13. The molecule has 0 aliphatic carbocycles. The molecule has 0 N–H and O–H groups in total. The first-order valence-corrected chi connectivity index (χ1v) is 10.5. The number of benzene rings is 2. The Kier molecular flexibility index (Phi) is 6.11. The van der Waals surface area contributed by atoms with Crippen molar-refractivity contribution < 1.29 is 9.18 Å². The second-order valence-electron chi connectivity index (χ2n) is 7.55. The van der Waals surface area contributed by atoms with E-state index in [0.717, 1.165) is 25.9 Å². The van der Waals surface area contributed by atoms with E-state index in [1.165, 1.54) is 17.5 Å². The first kappa shape index (κ1) is 20.5. The zero-order chi connectivity index (χ0) is 21.1. The van der Waals surface area contributed by atoms with E-state index in [-0.39, 0.29) is 23.1 Å². The fraction of sp³-hybridized carbons (Fsp3) is 0.304. The van der Waals surface area contributed by atoms with E-state index in [0.29, 0.717) is 35.4 Å². The van der Waals surface area contributed by atoms with Crippen LogP contribution in [-0.2, 0) is 6.54 Å². The molecule has 1 aliphatic heterocycles. The molecule has 0 atom stereocenters. The predicted octanol–water partition coefficient (Wildman–Crippen LogP) is 3.48. The van der Waals surface area contributed by atoms with Crippen molar-refractivity contribution >= 4 is 34.3 Å². The molecule has 154 valence electrons. The monoisotopic (exact) mass is 423 g/mol. The molecule has 1 fully saturated rings. The molecule has 1 saturated heterocycles. The Morgan fingerprint density at radius 2 is 1.80 bits per heavy atom. The lowest BCUT2D eigenvalue weighted by Crippen LogP contribution is -2.39. The van der Waals surface area contributed by atoms with Gasteiger partial charge < -0.3 is 4.90 Å². The van der Waals surface area contributed by atoms with E-state index in [4.69, 9.17) is 12.2 Å². The third kappa shape index (κ3) is 4.22. The molecular formula is C23H22FN3O2S. The van der Waals surface area contributed by atoms with Crippen molar-refractivity contribution in [3.05, 3.63) is 76.1 Å². The first-order chi connectivity index (χ1) is 14.6. The maximum absolute atomic E-state index is 13.1. The Morgan fingerprint density at radius 3 is 2.50 bits per heavy atom. The summed E-state index contributed by atoms with van der Waals surface area (Å²) in [6.45, 7) is 2.74.